The average Bonchev–Trinajstić information content (AvgIpc) is 2.83. The molecule has 0 atom stereocenters. The third-order valence-electron chi connectivity index (χ3n) is 2.18. The van der Waals surface area contributed by atoms with E-state index in [2.05, 4.69) is 15.3 Å². The van der Waals surface area contributed by atoms with Crippen LogP contribution in [0.3, 0.4) is 0 Å². The highest BCUT2D eigenvalue weighted by atomic mass is 32.1. The van der Waals surface area contributed by atoms with Crippen LogP contribution >= 0.6 is 11.3 Å². The summed E-state index contributed by atoms with van der Waals surface area (Å²) in [5.74, 6) is 0. The fraction of sp³-hybridized carbons (Fsp3) is 0.250. The van der Waals surface area contributed by atoms with Gasteiger partial charge in [-0.15, -0.1) is 11.3 Å². The van der Waals surface area contributed by atoms with E-state index in [0.29, 0.717) is 5.01 Å². The molecule has 0 spiro atoms. The molecule has 0 unspecified atom stereocenters. The molecule has 0 aliphatic carbocycles. The van der Waals surface area contributed by atoms with Gasteiger partial charge in [0.05, 0.1) is 12.2 Å². The van der Waals surface area contributed by atoms with Crippen LogP contribution in [0.2, 0.25) is 0 Å². The highest BCUT2D eigenvalue weighted by Crippen LogP contribution is 2.21. The summed E-state index contributed by atoms with van der Waals surface area (Å²) < 4.78 is 35.5. The fourth-order valence-electron chi connectivity index (χ4n) is 1.38. The van der Waals surface area contributed by atoms with Crippen LogP contribution in [0.15, 0.2) is 35.7 Å². The molecule has 0 fully saturated rings. The van der Waals surface area contributed by atoms with Gasteiger partial charge in [-0.3, -0.25) is 4.84 Å². The first kappa shape index (κ1) is 14.0. The smallest absolute Gasteiger partial charge is 0.292 e. The number of hydrogen-bond acceptors (Lipinski definition) is 4. The lowest BCUT2D eigenvalue weighted by molar-refractivity contribution is -0.190. The largest absolute Gasteiger partial charge is 0.413 e. The topological polar surface area (TPSA) is 34.1 Å². The van der Waals surface area contributed by atoms with E-state index in [-0.39, 0.29) is 6.54 Å². The maximum Gasteiger partial charge on any atom is 0.413 e. The highest BCUT2D eigenvalue weighted by Gasteiger charge is 2.27. The monoisotopic (exact) mass is 288 g/mol. The van der Waals surface area contributed by atoms with Crippen molar-refractivity contribution in [2.45, 2.75) is 12.7 Å². The number of aromatic nitrogens is 1. The molecule has 7 heteroatoms. The van der Waals surface area contributed by atoms with E-state index in [4.69, 9.17) is 0 Å². The SMILES string of the molecule is FC(F)(F)CONCc1nc(-c2ccccc2)cs1. The van der Waals surface area contributed by atoms with Crippen molar-refractivity contribution >= 4 is 11.3 Å². The lowest BCUT2D eigenvalue weighted by Crippen LogP contribution is -2.24. The second-order valence-electron chi connectivity index (χ2n) is 3.72. The van der Waals surface area contributed by atoms with Gasteiger partial charge in [0.25, 0.3) is 0 Å². The molecular weight excluding hydrogens is 277 g/mol. The van der Waals surface area contributed by atoms with Crippen molar-refractivity contribution in [3.05, 3.63) is 40.7 Å². The minimum absolute atomic E-state index is 0.146. The van der Waals surface area contributed by atoms with Crippen molar-refractivity contribution < 1.29 is 18.0 Å². The van der Waals surface area contributed by atoms with Gasteiger partial charge in [-0.2, -0.15) is 18.7 Å². The van der Waals surface area contributed by atoms with Crippen molar-refractivity contribution in [2.75, 3.05) is 6.61 Å². The lowest BCUT2D eigenvalue weighted by Gasteiger charge is -2.06. The Morgan fingerprint density at radius 3 is 2.63 bits per heavy atom. The Morgan fingerprint density at radius 1 is 1.21 bits per heavy atom. The van der Waals surface area contributed by atoms with E-state index in [9.17, 15) is 13.2 Å². The number of thiazole rings is 1. The van der Waals surface area contributed by atoms with Gasteiger partial charge in [0, 0.05) is 10.9 Å². The van der Waals surface area contributed by atoms with Gasteiger partial charge in [0.1, 0.15) is 5.01 Å². The van der Waals surface area contributed by atoms with Gasteiger partial charge in [0.2, 0.25) is 0 Å². The Hall–Kier alpha value is -1.44. The molecular formula is C12H11F3N2OS. The molecule has 1 aromatic carbocycles. The summed E-state index contributed by atoms with van der Waals surface area (Å²) >= 11 is 1.37. The van der Waals surface area contributed by atoms with E-state index in [1.807, 2.05) is 35.7 Å². The summed E-state index contributed by atoms with van der Waals surface area (Å²) in [4.78, 5) is 8.62. The lowest BCUT2D eigenvalue weighted by atomic mass is 10.2. The molecule has 19 heavy (non-hydrogen) atoms. The average molecular weight is 288 g/mol. The van der Waals surface area contributed by atoms with E-state index >= 15 is 0 Å². The molecule has 1 heterocycles. The van der Waals surface area contributed by atoms with E-state index in [1.165, 1.54) is 11.3 Å². The van der Waals surface area contributed by atoms with Crippen molar-refractivity contribution in [3.63, 3.8) is 0 Å². The zero-order chi connectivity index (χ0) is 13.7. The van der Waals surface area contributed by atoms with Crippen LogP contribution < -0.4 is 5.48 Å². The van der Waals surface area contributed by atoms with Gasteiger partial charge in [0.15, 0.2) is 6.61 Å². The van der Waals surface area contributed by atoms with Gasteiger partial charge in [-0.05, 0) is 0 Å². The first-order valence-corrected chi connectivity index (χ1v) is 6.34. The quantitative estimate of drug-likeness (QED) is 0.676. The molecule has 1 N–H and O–H groups in total. The second kappa shape index (κ2) is 6.14. The second-order valence-corrected chi connectivity index (χ2v) is 4.66. The molecule has 0 aliphatic rings. The van der Waals surface area contributed by atoms with E-state index in [0.717, 1.165) is 11.3 Å². The zero-order valence-electron chi connectivity index (χ0n) is 9.78. The minimum Gasteiger partial charge on any atom is -0.292 e. The first-order chi connectivity index (χ1) is 9.04. The molecule has 0 saturated heterocycles. The fourth-order valence-corrected chi connectivity index (χ4v) is 2.11. The molecule has 3 nitrogen and oxygen atoms in total. The van der Waals surface area contributed by atoms with Crippen molar-refractivity contribution in [1.29, 1.82) is 0 Å². The Balaban J connectivity index is 1.85. The molecule has 102 valence electrons. The Bertz CT molecular complexity index is 513. The third kappa shape index (κ3) is 4.62. The molecule has 0 radical (unpaired) electrons. The number of benzene rings is 1. The molecule has 0 saturated carbocycles. The standard InChI is InChI=1S/C12H11F3N2OS/c13-12(14,15)8-18-16-6-11-17-10(7-19-11)9-4-2-1-3-5-9/h1-5,7,16H,6,8H2. The van der Waals surface area contributed by atoms with Gasteiger partial charge < -0.3 is 0 Å². The maximum absolute atomic E-state index is 11.8. The molecule has 0 amide bonds. The summed E-state index contributed by atoms with van der Waals surface area (Å²) in [7, 11) is 0. The highest BCUT2D eigenvalue weighted by molar-refractivity contribution is 7.09. The predicted octanol–water partition coefficient (Wildman–Crippen LogP) is 3.39. The molecule has 1 aromatic heterocycles. The van der Waals surface area contributed by atoms with Crippen LogP contribution in [-0.4, -0.2) is 17.8 Å². The van der Waals surface area contributed by atoms with Crippen LogP contribution in [0.1, 0.15) is 5.01 Å². The number of nitrogens with one attached hydrogen (secondary N) is 1. The van der Waals surface area contributed by atoms with Crippen LogP contribution in [-0.2, 0) is 11.4 Å². The van der Waals surface area contributed by atoms with Crippen LogP contribution in [0.4, 0.5) is 13.2 Å². The third-order valence-corrected chi connectivity index (χ3v) is 3.03. The number of nitrogens with zero attached hydrogens (tertiary/aromatic N) is 1. The maximum atomic E-state index is 11.8. The van der Waals surface area contributed by atoms with Crippen molar-refractivity contribution in [1.82, 2.24) is 10.5 Å². The number of hydrogen-bond donors (Lipinski definition) is 1. The summed E-state index contributed by atoms with van der Waals surface area (Å²) in [5, 5.41) is 2.52. The summed E-state index contributed by atoms with van der Waals surface area (Å²) in [5.41, 5.74) is 4.03. The normalized spacial score (nSPS) is 11.7. The Kier molecular flexibility index (Phi) is 4.52. The Labute approximate surface area is 112 Å². The predicted molar refractivity (Wildman–Crippen MR) is 66.4 cm³/mol. The van der Waals surface area contributed by atoms with Gasteiger partial charge >= 0.3 is 6.18 Å². The molecule has 0 aliphatic heterocycles. The van der Waals surface area contributed by atoms with Crippen molar-refractivity contribution in [2.24, 2.45) is 0 Å². The molecule has 2 rings (SSSR count). The number of alkyl halides is 3. The van der Waals surface area contributed by atoms with Crippen molar-refractivity contribution in [3.8, 4) is 11.3 Å². The number of hydroxylamine groups is 1. The number of halogens is 3. The molecule has 2 aromatic rings. The zero-order valence-corrected chi connectivity index (χ0v) is 10.6. The number of rotatable bonds is 5. The van der Waals surface area contributed by atoms with Crippen LogP contribution in [0.5, 0.6) is 0 Å². The van der Waals surface area contributed by atoms with Crippen LogP contribution in [0, 0.1) is 0 Å². The molecule has 0 bridgehead atoms. The summed E-state index contributed by atoms with van der Waals surface area (Å²) in [6.45, 7) is -1.17. The van der Waals surface area contributed by atoms with E-state index < -0.39 is 12.8 Å². The van der Waals surface area contributed by atoms with Gasteiger partial charge in [-0.1, -0.05) is 30.3 Å². The summed E-state index contributed by atoms with van der Waals surface area (Å²) in [6.07, 6.45) is -4.33. The first-order valence-electron chi connectivity index (χ1n) is 5.46. The van der Waals surface area contributed by atoms with Crippen LogP contribution in [0.25, 0.3) is 11.3 Å². The summed E-state index contributed by atoms with van der Waals surface area (Å²) in [6, 6.07) is 9.56. The van der Waals surface area contributed by atoms with E-state index in [1.54, 1.807) is 0 Å². The Morgan fingerprint density at radius 2 is 1.95 bits per heavy atom. The van der Waals surface area contributed by atoms with Gasteiger partial charge in [-0.25, -0.2) is 4.98 Å². The minimum atomic E-state index is -4.33.